The van der Waals surface area contributed by atoms with Gasteiger partial charge in [0.1, 0.15) is 0 Å². The minimum atomic E-state index is -6.31. The Morgan fingerprint density at radius 3 is 1.39 bits per heavy atom. The molecule has 1 spiro atoms. The van der Waals surface area contributed by atoms with E-state index in [4.69, 9.17) is 0 Å². The van der Waals surface area contributed by atoms with Crippen LogP contribution in [0.25, 0.3) is 0 Å². The maximum atomic E-state index is 14.0. The number of alkyl halides is 6. The molecular weight excluding hydrogens is 300 g/mol. The van der Waals surface area contributed by atoms with E-state index in [-0.39, 0.29) is 0 Å². The van der Waals surface area contributed by atoms with Gasteiger partial charge in [0.2, 0.25) is 0 Å². The first-order chi connectivity index (χ1) is 7.94. The van der Waals surface area contributed by atoms with Crippen molar-refractivity contribution in [2.45, 2.75) is 12.4 Å². The summed E-state index contributed by atoms with van der Waals surface area (Å²) < 4.78 is 103. The molecule has 2 aliphatic rings. The van der Waals surface area contributed by atoms with Crippen molar-refractivity contribution >= 4 is 7.82 Å². The Morgan fingerprint density at radius 2 is 1.11 bits per heavy atom. The van der Waals surface area contributed by atoms with Crippen molar-refractivity contribution in [2.24, 2.45) is 0 Å². The Morgan fingerprint density at radius 1 is 0.778 bits per heavy atom. The van der Waals surface area contributed by atoms with Gasteiger partial charge in [-0.05, 0) is 0 Å². The van der Waals surface area contributed by atoms with E-state index < -0.39 is 44.9 Å². The van der Waals surface area contributed by atoms with E-state index in [1.165, 1.54) is 0 Å². The predicted octanol–water partition coefficient (Wildman–Crippen LogP) is 3.51. The van der Waals surface area contributed by atoms with Crippen molar-refractivity contribution < 1.29 is 48.6 Å². The quantitative estimate of drug-likeness (QED) is 0.507. The van der Waals surface area contributed by atoms with Crippen molar-refractivity contribution in [1.82, 2.24) is 0 Å². The average Bonchev–Trinajstić information content (AvgIpc) is 2.68. The second-order valence-corrected chi connectivity index (χ2v) is 5.55. The molecule has 0 amide bonds. The molecule has 18 heavy (non-hydrogen) atoms. The van der Waals surface area contributed by atoms with E-state index in [2.05, 4.69) is 18.1 Å². The predicted molar refractivity (Wildman–Crippen MR) is 41.2 cm³/mol. The summed E-state index contributed by atoms with van der Waals surface area (Å²) in [7, 11) is -6.31. The van der Waals surface area contributed by atoms with Gasteiger partial charge in [-0.3, -0.25) is 0 Å². The average molecular weight is 304 g/mol. The van der Waals surface area contributed by atoms with Gasteiger partial charge in [-0.1, -0.05) is 0 Å². The Hall–Kier alpha value is -0.800. The van der Waals surface area contributed by atoms with Crippen LogP contribution in [0.2, 0.25) is 0 Å². The van der Waals surface area contributed by atoms with Gasteiger partial charge in [0.25, 0.3) is 0 Å². The Balaban J connectivity index is 2.45. The molecule has 2 heterocycles. The number of hydrogen-bond acceptors (Lipinski definition) is 4. The summed E-state index contributed by atoms with van der Waals surface area (Å²) in [6.07, 6.45) is -11.2. The van der Waals surface area contributed by atoms with E-state index >= 15 is 0 Å². The van der Waals surface area contributed by atoms with Crippen LogP contribution in [-0.4, -0.2) is 25.6 Å². The molecular formula is C6H4F7O4P. The molecule has 0 bridgehead atoms. The topological polar surface area (TPSA) is 36.9 Å². The molecule has 0 radical (unpaired) electrons. The van der Waals surface area contributed by atoms with Crippen LogP contribution in [0.3, 0.4) is 0 Å². The molecule has 0 atom stereocenters. The Labute approximate surface area is 94.6 Å². The van der Waals surface area contributed by atoms with E-state index in [0.29, 0.717) is 0 Å². The second kappa shape index (κ2) is 3.40. The molecule has 0 saturated carbocycles. The zero-order valence-electron chi connectivity index (χ0n) is 8.14. The molecule has 4 nitrogen and oxygen atoms in total. The maximum absolute atomic E-state index is 14.0. The number of rotatable bonds is 0. The first kappa shape index (κ1) is 13.6. The molecule has 0 aromatic rings. The van der Waals surface area contributed by atoms with Crippen molar-refractivity contribution in [1.29, 1.82) is 0 Å². The monoisotopic (exact) mass is 304 g/mol. The van der Waals surface area contributed by atoms with Crippen LogP contribution in [0.4, 0.5) is 30.5 Å². The summed E-state index contributed by atoms with van der Waals surface area (Å²) in [6.45, 7) is -1.16. The number of allylic oxidation sites excluding steroid dienone is 2. The fraction of sp³-hybridized carbons (Fsp3) is 0.667. The first-order valence-corrected chi connectivity index (χ1v) is 6.07. The summed E-state index contributed by atoms with van der Waals surface area (Å²) in [6, 6.07) is 0. The summed E-state index contributed by atoms with van der Waals surface area (Å²) in [5.74, 6) is -5.28. The molecule has 2 rings (SSSR count). The van der Waals surface area contributed by atoms with E-state index in [9.17, 15) is 30.5 Å². The zero-order chi connectivity index (χ0) is 13.8. The normalized spacial score (nSPS) is 28.7. The van der Waals surface area contributed by atoms with Crippen LogP contribution < -0.4 is 0 Å². The Bertz CT molecular complexity index is 377. The Kier molecular flexibility index (Phi) is 2.57. The third kappa shape index (κ3) is 2.10. The first-order valence-electron chi connectivity index (χ1n) is 4.27. The molecule has 0 N–H and O–H groups in total. The molecule has 0 aromatic carbocycles. The molecule has 1 fully saturated rings. The standard InChI is InChI=1S/C6H4F7O4P/c7-5(8,9)3-4(6(10,11)12)17-18(13,16-3)14-1-2-15-18/h1-2H2. The number of halogens is 7. The summed E-state index contributed by atoms with van der Waals surface area (Å²) in [4.78, 5) is 0. The van der Waals surface area contributed by atoms with Gasteiger partial charge in [-0.25, -0.2) is 0 Å². The van der Waals surface area contributed by atoms with Crippen molar-refractivity contribution in [2.75, 3.05) is 13.2 Å². The molecule has 106 valence electrons. The van der Waals surface area contributed by atoms with Crippen LogP contribution in [0.15, 0.2) is 11.5 Å². The van der Waals surface area contributed by atoms with Gasteiger partial charge < -0.3 is 0 Å². The molecule has 2 aliphatic heterocycles. The van der Waals surface area contributed by atoms with Crippen LogP contribution in [0.5, 0.6) is 0 Å². The van der Waals surface area contributed by atoms with Crippen LogP contribution in [0.1, 0.15) is 0 Å². The van der Waals surface area contributed by atoms with Gasteiger partial charge in [0, 0.05) is 0 Å². The van der Waals surface area contributed by atoms with Gasteiger partial charge in [0.05, 0.1) is 0 Å². The molecule has 0 unspecified atom stereocenters. The summed E-state index contributed by atoms with van der Waals surface area (Å²) in [5, 5.41) is 0. The van der Waals surface area contributed by atoms with E-state index in [0.717, 1.165) is 0 Å². The molecule has 0 aliphatic carbocycles. The molecule has 1 saturated heterocycles. The summed E-state index contributed by atoms with van der Waals surface area (Å²) in [5.41, 5.74) is 0. The van der Waals surface area contributed by atoms with E-state index in [1.54, 1.807) is 0 Å². The number of hydrogen-bond donors (Lipinski definition) is 0. The zero-order valence-corrected chi connectivity index (χ0v) is 9.03. The third-order valence-corrected chi connectivity index (χ3v) is 4.02. The minimum absolute atomic E-state index is 0.579. The SMILES string of the molecule is FC(F)(F)C1=C(C(F)(F)F)OP2(F)(OCCO2)O1. The van der Waals surface area contributed by atoms with Gasteiger partial charge in [-0.2, -0.15) is 0 Å². The van der Waals surface area contributed by atoms with Gasteiger partial charge in [-0.15, -0.1) is 0 Å². The van der Waals surface area contributed by atoms with Gasteiger partial charge in [0.15, 0.2) is 0 Å². The third-order valence-electron chi connectivity index (χ3n) is 1.88. The van der Waals surface area contributed by atoms with Crippen LogP contribution in [-0.2, 0) is 18.1 Å². The molecule has 12 heteroatoms. The van der Waals surface area contributed by atoms with Crippen molar-refractivity contribution in [3.05, 3.63) is 11.5 Å². The van der Waals surface area contributed by atoms with Crippen LogP contribution in [0, 0.1) is 0 Å². The fourth-order valence-electron chi connectivity index (χ4n) is 1.26. The second-order valence-electron chi connectivity index (χ2n) is 3.23. The van der Waals surface area contributed by atoms with Crippen molar-refractivity contribution in [3.63, 3.8) is 0 Å². The fourth-order valence-corrected chi connectivity index (χ4v) is 3.28. The van der Waals surface area contributed by atoms with Gasteiger partial charge >= 0.3 is 93.5 Å². The van der Waals surface area contributed by atoms with E-state index in [1.807, 2.05) is 0 Å². The van der Waals surface area contributed by atoms with Crippen molar-refractivity contribution in [3.8, 4) is 0 Å². The summed E-state index contributed by atoms with van der Waals surface area (Å²) >= 11 is 0. The molecule has 0 aromatic heterocycles. The van der Waals surface area contributed by atoms with Crippen LogP contribution >= 0.6 is 7.82 Å².